The highest BCUT2D eigenvalue weighted by atomic mass is 32.2. The van der Waals surface area contributed by atoms with Gasteiger partial charge in [-0.15, -0.1) is 0 Å². The Balaban J connectivity index is 2.34. The predicted molar refractivity (Wildman–Crippen MR) is 73.3 cm³/mol. The molecule has 0 aromatic carbocycles. The molecule has 1 atom stereocenters. The van der Waals surface area contributed by atoms with Crippen molar-refractivity contribution in [3.63, 3.8) is 0 Å². The minimum atomic E-state index is -4.91. The smallest absolute Gasteiger partial charge is 0.449 e. The molecule has 128 valence electrons. The molecule has 0 aliphatic carbocycles. The van der Waals surface area contributed by atoms with Gasteiger partial charge in [0.1, 0.15) is 17.9 Å². The van der Waals surface area contributed by atoms with Gasteiger partial charge in [0, 0.05) is 6.08 Å². The lowest BCUT2D eigenvalue weighted by atomic mass is 10.2. The number of hydrogen-bond donors (Lipinski definition) is 0. The van der Waals surface area contributed by atoms with Crippen LogP contribution >= 0.6 is 11.8 Å². The Kier molecular flexibility index (Phi) is 5.02. The van der Waals surface area contributed by atoms with Crippen molar-refractivity contribution in [1.82, 2.24) is 0 Å². The molecule has 3 nitrogen and oxygen atoms in total. The largest absolute Gasteiger partial charge is 0.477 e. The van der Waals surface area contributed by atoms with Crippen LogP contribution in [-0.2, 0) is 10.9 Å². The van der Waals surface area contributed by atoms with Crippen LogP contribution in [0, 0.1) is 0 Å². The van der Waals surface area contributed by atoms with Crippen LogP contribution < -0.4 is 0 Å². The third kappa shape index (κ3) is 4.46. The SMILES string of the molecule is CSC1CN=C(C=C(c2ccc(C(F)(F)F)o2)C(F)(F)F)OC1. The second-order valence-corrected chi connectivity index (χ2v) is 5.70. The lowest BCUT2D eigenvalue weighted by Crippen LogP contribution is -2.25. The summed E-state index contributed by atoms with van der Waals surface area (Å²) in [6.07, 6.45) is -7.41. The molecule has 23 heavy (non-hydrogen) atoms. The van der Waals surface area contributed by atoms with Gasteiger partial charge in [0.25, 0.3) is 0 Å². The first kappa shape index (κ1) is 17.8. The fraction of sp³-hybridized carbons (Fsp3) is 0.462. The van der Waals surface area contributed by atoms with E-state index in [1.807, 2.05) is 6.26 Å². The second-order valence-electron chi connectivity index (χ2n) is 4.57. The second kappa shape index (κ2) is 6.50. The molecule has 1 aromatic heterocycles. The van der Waals surface area contributed by atoms with Crippen LogP contribution in [0.25, 0.3) is 5.57 Å². The molecule has 0 N–H and O–H groups in total. The molecule has 0 saturated carbocycles. The van der Waals surface area contributed by atoms with Gasteiger partial charge in [-0.05, 0) is 18.4 Å². The standard InChI is InChI=1S/C13H11F6NO2S/c1-23-7-5-20-11(21-6-7)4-8(12(14,15)16)9-2-3-10(22-9)13(17,18)19/h2-4,7H,5-6H2,1H3. The van der Waals surface area contributed by atoms with Crippen LogP contribution in [0.5, 0.6) is 0 Å². The van der Waals surface area contributed by atoms with Crippen molar-refractivity contribution in [2.75, 3.05) is 19.4 Å². The summed E-state index contributed by atoms with van der Waals surface area (Å²) in [7, 11) is 0. The number of thioether (sulfide) groups is 1. The summed E-state index contributed by atoms with van der Waals surface area (Å²) >= 11 is 1.46. The van der Waals surface area contributed by atoms with E-state index in [-0.39, 0.29) is 24.3 Å². The molecular weight excluding hydrogens is 348 g/mol. The van der Waals surface area contributed by atoms with Gasteiger partial charge >= 0.3 is 12.4 Å². The molecule has 0 fully saturated rings. The predicted octanol–water partition coefficient (Wildman–Crippen LogP) is 4.40. The Hall–Kier alpha value is -1.58. The third-order valence-corrected chi connectivity index (χ3v) is 3.88. The summed E-state index contributed by atoms with van der Waals surface area (Å²) in [5, 5.41) is 0.0296. The van der Waals surface area contributed by atoms with Crippen molar-refractivity contribution < 1.29 is 35.5 Å². The molecule has 1 aliphatic rings. The molecule has 0 amide bonds. The van der Waals surface area contributed by atoms with Crippen LogP contribution in [0.15, 0.2) is 27.6 Å². The van der Waals surface area contributed by atoms with Gasteiger partial charge in [-0.2, -0.15) is 38.1 Å². The Morgan fingerprint density at radius 2 is 1.96 bits per heavy atom. The van der Waals surface area contributed by atoms with E-state index in [0.717, 1.165) is 0 Å². The molecule has 2 heterocycles. The van der Waals surface area contributed by atoms with Gasteiger partial charge in [-0.3, -0.25) is 4.99 Å². The number of aliphatic imine (C=N–C) groups is 1. The molecule has 2 rings (SSSR count). The average Bonchev–Trinajstić information content (AvgIpc) is 2.93. The van der Waals surface area contributed by atoms with Crippen molar-refractivity contribution in [3.8, 4) is 0 Å². The summed E-state index contributed by atoms with van der Waals surface area (Å²) in [6, 6.07) is 1.07. The summed E-state index contributed by atoms with van der Waals surface area (Å²) in [6.45, 7) is 0.442. The lowest BCUT2D eigenvalue weighted by Gasteiger charge is -2.19. The van der Waals surface area contributed by atoms with Crippen LogP contribution in [0.3, 0.4) is 0 Å². The van der Waals surface area contributed by atoms with Gasteiger partial charge < -0.3 is 9.15 Å². The summed E-state index contributed by atoms with van der Waals surface area (Å²) in [4.78, 5) is 3.85. The topological polar surface area (TPSA) is 34.7 Å². The quantitative estimate of drug-likeness (QED) is 0.750. The molecule has 10 heteroatoms. The molecule has 0 bridgehead atoms. The zero-order valence-electron chi connectivity index (χ0n) is 11.7. The Morgan fingerprint density at radius 1 is 1.26 bits per heavy atom. The van der Waals surface area contributed by atoms with Gasteiger partial charge in [-0.1, -0.05) is 0 Å². The molecule has 1 aliphatic heterocycles. The number of alkyl halides is 6. The van der Waals surface area contributed by atoms with Crippen LogP contribution in [0.1, 0.15) is 11.5 Å². The molecule has 0 spiro atoms. The van der Waals surface area contributed by atoms with Crippen LogP contribution in [0.4, 0.5) is 26.3 Å². The minimum absolute atomic E-state index is 0.0296. The average molecular weight is 359 g/mol. The highest BCUT2D eigenvalue weighted by Crippen LogP contribution is 2.38. The highest BCUT2D eigenvalue weighted by molar-refractivity contribution is 7.99. The maximum Gasteiger partial charge on any atom is 0.449 e. The zero-order chi connectivity index (χ0) is 17.3. The number of nitrogens with zero attached hydrogens (tertiary/aromatic N) is 1. The van der Waals surface area contributed by atoms with E-state index < -0.39 is 29.4 Å². The van der Waals surface area contributed by atoms with Gasteiger partial charge in [0.15, 0.2) is 0 Å². The van der Waals surface area contributed by atoms with E-state index in [1.54, 1.807) is 0 Å². The number of furan rings is 1. The summed E-state index contributed by atoms with van der Waals surface area (Å²) in [5.41, 5.74) is -1.38. The van der Waals surface area contributed by atoms with Crippen molar-refractivity contribution in [2.24, 2.45) is 4.99 Å². The van der Waals surface area contributed by atoms with Gasteiger partial charge in [-0.25, -0.2) is 0 Å². The molecule has 1 unspecified atom stereocenters. The normalized spacial score (nSPS) is 20.2. The van der Waals surface area contributed by atoms with Gasteiger partial charge in [0.05, 0.1) is 11.8 Å². The van der Waals surface area contributed by atoms with Gasteiger partial charge in [0.2, 0.25) is 11.7 Å². The summed E-state index contributed by atoms with van der Waals surface area (Å²) in [5.74, 6) is -2.73. The first-order valence-corrected chi connectivity index (χ1v) is 7.56. The number of allylic oxidation sites excluding steroid dienone is 1. The molecule has 0 saturated heterocycles. The van der Waals surface area contributed by atoms with E-state index in [2.05, 4.69) is 9.41 Å². The lowest BCUT2D eigenvalue weighted by molar-refractivity contribution is -0.153. The van der Waals surface area contributed by atoms with Crippen LogP contribution in [-0.4, -0.2) is 36.7 Å². The maximum absolute atomic E-state index is 13.1. The number of hydrogen-bond acceptors (Lipinski definition) is 4. The Labute approximate surface area is 131 Å². The monoisotopic (exact) mass is 359 g/mol. The Bertz CT molecular complexity index is 617. The van der Waals surface area contributed by atoms with Crippen LogP contribution in [0.2, 0.25) is 0 Å². The fourth-order valence-corrected chi connectivity index (χ4v) is 2.18. The van der Waals surface area contributed by atoms with E-state index in [4.69, 9.17) is 4.74 Å². The zero-order valence-corrected chi connectivity index (χ0v) is 12.5. The van der Waals surface area contributed by atoms with E-state index in [0.29, 0.717) is 18.2 Å². The van der Waals surface area contributed by atoms with E-state index >= 15 is 0 Å². The van der Waals surface area contributed by atoms with Crippen molar-refractivity contribution >= 4 is 23.2 Å². The third-order valence-electron chi connectivity index (χ3n) is 2.93. The van der Waals surface area contributed by atoms with Crippen molar-refractivity contribution in [1.29, 1.82) is 0 Å². The van der Waals surface area contributed by atoms with E-state index in [9.17, 15) is 26.3 Å². The fourth-order valence-electron chi connectivity index (χ4n) is 1.75. The van der Waals surface area contributed by atoms with Crippen molar-refractivity contribution in [2.45, 2.75) is 17.6 Å². The molecular formula is C13H11F6NO2S. The highest BCUT2D eigenvalue weighted by Gasteiger charge is 2.40. The summed E-state index contributed by atoms with van der Waals surface area (Å²) < 4.78 is 86.0. The minimum Gasteiger partial charge on any atom is -0.477 e. The number of rotatable bonds is 3. The van der Waals surface area contributed by atoms with Crippen molar-refractivity contribution in [3.05, 3.63) is 29.7 Å². The first-order valence-electron chi connectivity index (χ1n) is 6.27. The molecule has 1 aromatic rings. The first-order chi connectivity index (χ1) is 10.6. The van der Waals surface area contributed by atoms with E-state index in [1.165, 1.54) is 11.8 Å². The Morgan fingerprint density at radius 3 is 2.39 bits per heavy atom. The maximum atomic E-state index is 13.1. The molecule has 0 radical (unpaired) electrons. The number of ether oxygens (including phenoxy) is 1. The number of halogens is 6.